The quantitative estimate of drug-likeness (QED) is 0.599. The lowest BCUT2D eigenvalue weighted by molar-refractivity contribution is 0.101. The zero-order chi connectivity index (χ0) is 14.1. The van der Waals surface area contributed by atoms with Gasteiger partial charge in [-0.1, -0.05) is 20.8 Å². The molecule has 0 fully saturated rings. The van der Waals surface area contributed by atoms with E-state index >= 15 is 0 Å². The summed E-state index contributed by atoms with van der Waals surface area (Å²) in [6, 6.07) is 4.37. The Bertz CT molecular complexity index is 461. The van der Waals surface area contributed by atoms with Crippen LogP contribution in [0.5, 0.6) is 5.75 Å². The second-order valence-corrected chi connectivity index (χ2v) is 10.8. The summed E-state index contributed by atoms with van der Waals surface area (Å²) in [6.45, 7) is 12.0. The van der Waals surface area contributed by atoms with Crippen molar-refractivity contribution in [2.45, 2.75) is 45.8 Å². The number of carbonyl (C=O) groups excluding carboxylic acids is 1. The Labute approximate surface area is 109 Å². The van der Waals surface area contributed by atoms with Gasteiger partial charge in [0.2, 0.25) is 8.32 Å². The smallest absolute Gasteiger partial charge is 0.250 e. The maximum Gasteiger partial charge on any atom is 0.250 e. The minimum atomic E-state index is -1.95. The van der Waals surface area contributed by atoms with Crippen LogP contribution in [0.25, 0.3) is 0 Å². The van der Waals surface area contributed by atoms with Gasteiger partial charge in [-0.25, -0.2) is 4.39 Å². The fourth-order valence-electron chi connectivity index (χ4n) is 1.29. The Hall–Kier alpha value is -1.16. The van der Waals surface area contributed by atoms with Gasteiger partial charge in [0, 0.05) is 0 Å². The van der Waals surface area contributed by atoms with Gasteiger partial charge in [-0.2, -0.15) is 0 Å². The SMILES string of the molecule is CC(=O)c1cc(O[Si](C)(C)C(C)(C)C)ccc1F. The first kappa shape index (κ1) is 14.9. The lowest BCUT2D eigenvalue weighted by atomic mass is 10.1. The predicted molar refractivity (Wildman–Crippen MR) is 74.2 cm³/mol. The molecule has 0 aliphatic heterocycles. The van der Waals surface area contributed by atoms with E-state index in [0.717, 1.165) is 0 Å². The third-order valence-electron chi connectivity index (χ3n) is 3.50. The van der Waals surface area contributed by atoms with Crippen molar-refractivity contribution in [3.63, 3.8) is 0 Å². The monoisotopic (exact) mass is 268 g/mol. The Kier molecular flexibility index (Phi) is 4.01. The van der Waals surface area contributed by atoms with E-state index < -0.39 is 14.1 Å². The molecule has 0 saturated carbocycles. The molecule has 0 N–H and O–H groups in total. The number of halogens is 1. The average Bonchev–Trinajstić information content (AvgIpc) is 2.18. The van der Waals surface area contributed by atoms with E-state index in [-0.39, 0.29) is 16.4 Å². The number of Topliss-reactive ketones (excluding diaryl/α,β-unsaturated/α-hetero) is 1. The summed E-state index contributed by atoms with van der Waals surface area (Å²) in [5, 5.41) is 0.0672. The molecule has 0 radical (unpaired) electrons. The number of hydrogen-bond acceptors (Lipinski definition) is 2. The molecule has 0 amide bonds. The Morgan fingerprint density at radius 1 is 1.28 bits per heavy atom. The fourth-order valence-corrected chi connectivity index (χ4v) is 2.31. The van der Waals surface area contributed by atoms with Crippen molar-refractivity contribution in [2.75, 3.05) is 0 Å². The second-order valence-electron chi connectivity index (χ2n) is 6.06. The molecule has 0 atom stereocenters. The van der Waals surface area contributed by atoms with E-state index in [4.69, 9.17) is 4.43 Å². The van der Waals surface area contributed by atoms with Gasteiger partial charge in [-0.15, -0.1) is 0 Å². The van der Waals surface area contributed by atoms with Crippen molar-refractivity contribution < 1.29 is 13.6 Å². The summed E-state index contributed by atoms with van der Waals surface area (Å²) in [6.07, 6.45) is 0. The van der Waals surface area contributed by atoms with Crippen LogP contribution in [0.3, 0.4) is 0 Å². The fraction of sp³-hybridized carbons (Fsp3) is 0.500. The van der Waals surface area contributed by atoms with E-state index in [9.17, 15) is 9.18 Å². The highest BCUT2D eigenvalue weighted by molar-refractivity contribution is 6.74. The van der Waals surface area contributed by atoms with Crippen LogP contribution in [0.4, 0.5) is 4.39 Å². The van der Waals surface area contributed by atoms with Gasteiger partial charge in [0.25, 0.3) is 0 Å². The maximum atomic E-state index is 13.4. The normalized spacial score (nSPS) is 12.4. The summed E-state index contributed by atoms with van der Waals surface area (Å²) in [7, 11) is -1.95. The van der Waals surface area contributed by atoms with Gasteiger partial charge < -0.3 is 4.43 Å². The molecule has 1 aromatic carbocycles. The van der Waals surface area contributed by atoms with E-state index in [2.05, 4.69) is 33.9 Å². The summed E-state index contributed by atoms with van der Waals surface area (Å²) in [4.78, 5) is 11.3. The summed E-state index contributed by atoms with van der Waals surface area (Å²) < 4.78 is 19.5. The summed E-state index contributed by atoms with van der Waals surface area (Å²) in [5.74, 6) is -0.202. The molecule has 0 saturated heterocycles. The van der Waals surface area contributed by atoms with Gasteiger partial charge in [0.15, 0.2) is 5.78 Å². The Morgan fingerprint density at radius 2 is 1.83 bits per heavy atom. The van der Waals surface area contributed by atoms with Gasteiger partial charge >= 0.3 is 0 Å². The minimum Gasteiger partial charge on any atom is -0.543 e. The highest BCUT2D eigenvalue weighted by Crippen LogP contribution is 2.37. The van der Waals surface area contributed by atoms with E-state index in [1.54, 1.807) is 6.07 Å². The topological polar surface area (TPSA) is 26.3 Å². The molecule has 0 aliphatic carbocycles. The predicted octanol–water partition coefficient (Wildman–Crippen LogP) is 4.41. The van der Waals surface area contributed by atoms with Crippen LogP contribution < -0.4 is 4.43 Å². The second kappa shape index (κ2) is 4.84. The van der Waals surface area contributed by atoms with Crippen molar-refractivity contribution >= 4 is 14.1 Å². The van der Waals surface area contributed by atoms with Crippen LogP contribution in [0.1, 0.15) is 38.1 Å². The first-order valence-electron chi connectivity index (χ1n) is 6.04. The first-order valence-corrected chi connectivity index (χ1v) is 8.95. The third-order valence-corrected chi connectivity index (χ3v) is 7.85. The van der Waals surface area contributed by atoms with Crippen molar-refractivity contribution in [3.05, 3.63) is 29.6 Å². The molecular formula is C14H21FO2Si. The molecule has 0 heterocycles. The highest BCUT2D eigenvalue weighted by atomic mass is 28.4. The third kappa shape index (κ3) is 3.19. The molecule has 18 heavy (non-hydrogen) atoms. The highest BCUT2D eigenvalue weighted by Gasteiger charge is 2.39. The summed E-state index contributed by atoms with van der Waals surface area (Å²) >= 11 is 0. The largest absolute Gasteiger partial charge is 0.543 e. The van der Waals surface area contributed by atoms with Gasteiger partial charge in [-0.3, -0.25) is 4.79 Å². The molecule has 100 valence electrons. The standard InChI is InChI=1S/C14H21FO2Si/c1-10(16)12-9-11(7-8-13(12)15)17-18(5,6)14(2,3)4/h7-9H,1-6H3. The molecule has 0 aliphatic rings. The Balaban J connectivity index is 3.07. The Morgan fingerprint density at radius 3 is 2.28 bits per heavy atom. The average molecular weight is 268 g/mol. The van der Waals surface area contributed by atoms with Crippen LogP contribution in [0, 0.1) is 5.82 Å². The van der Waals surface area contributed by atoms with Crippen LogP contribution in [-0.4, -0.2) is 14.1 Å². The minimum absolute atomic E-state index is 0.0672. The molecule has 0 unspecified atom stereocenters. The van der Waals surface area contributed by atoms with Crippen LogP contribution in [0.15, 0.2) is 18.2 Å². The number of benzene rings is 1. The van der Waals surface area contributed by atoms with Crippen LogP contribution in [-0.2, 0) is 0 Å². The van der Waals surface area contributed by atoms with E-state index in [0.29, 0.717) is 5.75 Å². The number of rotatable bonds is 3. The first-order chi connectivity index (χ1) is 8.04. The molecular weight excluding hydrogens is 247 g/mol. The molecule has 0 aromatic heterocycles. The number of carbonyl (C=O) groups is 1. The van der Waals surface area contributed by atoms with Gasteiger partial charge in [0.1, 0.15) is 11.6 Å². The van der Waals surface area contributed by atoms with Crippen molar-refractivity contribution in [1.82, 2.24) is 0 Å². The lowest BCUT2D eigenvalue weighted by Gasteiger charge is -2.36. The maximum absolute atomic E-state index is 13.4. The molecule has 1 aromatic rings. The van der Waals surface area contributed by atoms with E-state index in [1.165, 1.54) is 19.1 Å². The lowest BCUT2D eigenvalue weighted by Crippen LogP contribution is -2.43. The zero-order valence-corrected chi connectivity index (χ0v) is 12.9. The molecule has 0 spiro atoms. The van der Waals surface area contributed by atoms with Gasteiger partial charge in [0.05, 0.1) is 5.56 Å². The van der Waals surface area contributed by atoms with Gasteiger partial charge in [-0.05, 0) is 43.3 Å². The number of ketones is 1. The van der Waals surface area contributed by atoms with Crippen LogP contribution in [0.2, 0.25) is 18.1 Å². The molecule has 2 nitrogen and oxygen atoms in total. The van der Waals surface area contributed by atoms with Crippen LogP contribution >= 0.6 is 0 Å². The zero-order valence-electron chi connectivity index (χ0n) is 11.9. The number of hydrogen-bond donors (Lipinski definition) is 0. The van der Waals surface area contributed by atoms with Crippen molar-refractivity contribution in [2.24, 2.45) is 0 Å². The van der Waals surface area contributed by atoms with Crippen molar-refractivity contribution in [3.8, 4) is 5.75 Å². The molecule has 0 bridgehead atoms. The summed E-state index contributed by atoms with van der Waals surface area (Å²) in [5.41, 5.74) is 0.0891. The molecule has 4 heteroatoms. The van der Waals surface area contributed by atoms with Crippen molar-refractivity contribution in [1.29, 1.82) is 0 Å². The van der Waals surface area contributed by atoms with E-state index in [1.807, 2.05) is 0 Å². The molecule has 1 rings (SSSR count).